The van der Waals surface area contributed by atoms with E-state index in [4.69, 9.17) is 4.74 Å². The van der Waals surface area contributed by atoms with Crippen molar-refractivity contribution in [3.05, 3.63) is 48.6 Å². The van der Waals surface area contributed by atoms with Gasteiger partial charge in [-0.25, -0.2) is 0 Å². The zero-order valence-corrected chi connectivity index (χ0v) is 22.4. The Morgan fingerprint density at radius 1 is 1.34 bits per heavy atom. The van der Waals surface area contributed by atoms with Crippen LogP contribution in [0.5, 0.6) is 0 Å². The highest BCUT2D eigenvalue weighted by Crippen LogP contribution is 2.68. The molecule has 190 valence electrons. The molecule has 2 amide bonds. The fourth-order valence-corrected chi connectivity index (χ4v) is 9.51. The van der Waals surface area contributed by atoms with E-state index in [2.05, 4.69) is 22.5 Å². The molecule has 1 spiro atoms. The fourth-order valence-electron chi connectivity index (χ4n) is 5.92. The summed E-state index contributed by atoms with van der Waals surface area (Å²) in [5.74, 6) is -1.79. The minimum Gasteiger partial charge on any atom is -0.466 e. The molecule has 0 saturated carbocycles. The third-order valence-corrected chi connectivity index (χ3v) is 10.5. The molecular weight excluding hydrogens is 532 g/mol. The maximum atomic E-state index is 14.3. The first-order valence-electron chi connectivity index (χ1n) is 12.2. The van der Waals surface area contributed by atoms with Crippen LogP contribution in [0.2, 0.25) is 0 Å². The number of benzene rings is 1. The molecule has 1 aromatic carbocycles. The molecule has 3 heterocycles. The standard InChI is InChI=1S/C26H33BrN2O5S/c1-3-12-28(16-17-10-6-5-7-11-17)24(32)22-26-15-18(27)21(35-26)19(25(33)34-4-2)20(26)23(31)29(22)13-8-9-14-30/h3,5-7,10-11,18-22,30H,1,4,8-9,12-16H2,2H3/t18?,19-,20+,21-,22?,26?/m1/s1. The second kappa shape index (κ2) is 11.0. The van der Waals surface area contributed by atoms with E-state index in [0.29, 0.717) is 38.9 Å². The van der Waals surface area contributed by atoms with Crippen LogP contribution in [0.3, 0.4) is 0 Å². The van der Waals surface area contributed by atoms with Gasteiger partial charge in [-0.05, 0) is 31.7 Å². The number of carbonyl (C=O) groups is 3. The monoisotopic (exact) mass is 564 g/mol. The van der Waals surface area contributed by atoms with Gasteiger partial charge in [0, 0.05) is 36.3 Å². The number of carbonyl (C=O) groups excluding carboxylic acids is 3. The quantitative estimate of drug-likeness (QED) is 0.192. The van der Waals surface area contributed by atoms with Crippen molar-refractivity contribution in [3.63, 3.8) is 0 Å². The van der Waals surface area contributed by atoms with Crippen molar-refractivity contribution >= 4 is 45.5 Å². The second-order valence-corrected chi connectivity index (χ2v) is 12.1. The summed E-state index contributed by atoms with van der Waals surface area (Å²) in [6.45, 7) is 7.03. The van der Waals surface area contributed by atoms with E-state index in [1.54, 1.807) is 34.6 Å². The average Bonchev–Trinajstić information content (AvgIpc) is 3.43. The number of unbranched alkanes of at least 4 members (excludes halogenated alkanes) is 1. The molecule has 3 aliphatic rings. The highest BCUT2D eigenvalue weighted by molar-refractivity contribution is 9.09. The number of rotatable bonds is 11. The van der Waals surface area contributed by atoms with Crippen LogP contribution >= 0.6 is 27.7 Å². The van der Waals surface area contributed by atoms with Gasteiger partial charge in [0.1, 0.15) is 6.04 Å². The lowest BCUT2D eigenvalue weighted by atomic mass is 9.71. The largest absolute Gasteiger partial charge is 0.466 e. The Labute approximate surface area is 219 Å². The van der Waals surface area contributed by atoms with E-state index in [9.17, 15) is 19.5 Å². The van der Waals surface area contributed by atoms with Gasteiger partial charge in [-0.15, -0.1) is 18.3 Å². The van der Waals surface area contributed by atoms with Crippen LogP contribution in [0, 0.1) is 11.8 Å². The van der Waals surface area contributed by atoms with E-state index >= 15 is 0 Å². The molecule has 0 aromatic heterocycles. The van der Waals surface area contributed by atoms with E-state index in [-0.39, 0.29) is 41.1 Å². The van der Waals surface area contributed by atoms with Gasteiger partial charge in [0.05, 0.1) is 23.2 Å². The zero-order valence-electron chi connectivity index (χ0n) is 20.0. The Morgan fingerprint density at radius 2 is 2.09 bits per heavy atom. The molecule has 3 aliphatic heterocycles. The van der Waals surface area contributed by atoms with Gasteiger partial charge in [-0.1, -0.05) is 52.3 Å². The summed E-state index contributed by atoms with van der Waals surface area (Å²) in [5, 5.41) is 9.20. The van der Waals surface area contributed by atoms with Crippen LogP contribution in [0.1, 0.15) is 31.7 Å². The first-order chi connectivity index (χ1) is 16.9. The first kappa shape index (κ1) is 26.2. The summed E-state index contributed by atoms with van der Waals surface area (Å²) in [7, 11) is 0. The van der Waals surface area contributed by atoms with Crippen LogP contribution in [-0.4, -0.2) is 79.9 Å². The molecule has 2 bridgehead atoms. The molecule has 7 nitrogen and oxygen atoms in total. The molecule has 4 rings (SSSR count). The van der Waals surface area contributed by atoms with E-state index in [1.807, 2.05) is 30.3 Å². The smallest absolute Gasteiger partial charge is 0.310 e. The Hall–Kier alpha value is -1.84. The summed E-state index contributed by atoms with van der Waals surface area (Å²) in [6.07, 6.45) is 3.47. The summed E-state index contributed by atoms with van der Waals surface area (Å²) >= 11 is 5.37. The Bertz CT molecular complexity index is 962. The number of ether oxygens (including phenoxy) is 1. The maximum absolute atomic E-state index is 14.3. The predicted molar refractivity (Wildman–Crippen MR) is 139 cm³/mol. The highest BCUT2D eigenvalue weighted by Gasteiger charge is 2.76. The summed E-state index contributed by atoms with van der Waals surface area (Å²) < 4.78 is 4.69. The van der Waals surface area contributed by atoms with Gasteiger partial charge in [-0.3, -0.25) is 14.4 Å². The van der Waals surface area contributed by atoms with Crippen molar-refractivity contribution in [2.24, 2.45) is 11.8 Å². The third kappa shape index (κ3) is 4.67. The molecule has 0 aliphatic carbocycles. The lowest BCUT2D eigenvalue weighted by Crippen LogP contribution is -2.55. The summed E-state index contributed by atoms with van der Waals surface area (Å²) in [4.78, 5) is 44.6. The predicted octanol–water partition coefficient (Wildman–Crippen LogP) is 3.00. The number of alkyl halides is 1. The van der Waals surface area contributed by atoms with Crippen LogP contribution in [0.25, 0.3) is 0 Å². The number of hydrogen-bond acceptors (Lipinski definition) is 6. The molecule has 1 N–H and O–H groups in total. The first-order valence-corrected chi connectivity index (χ1v) is 14.0. The van der Waals surface area contributed by atoms with Gasteiger partial charge in [-0.2, -0.15) is 0 Å². The number of halogens is 1. The van der Waals surface area contributed by atoms with Crippen LogP contribution in [-0.2, 0) is 25.7 Å². The maximum Gasteiger partial charge on any atom is 0.310 e. The van der Waals surface area contributed by atoms with Gasteiger partial charge < -0.3 is 19.6 Å². The molecule has 6 atom stereocenters. The minimum atomic E-state index is -0.695. The van der Waals surface area contributed by atoms with Crippen molar-refractivity contribution in [2.75, 3.05) is 26.3 Å². The van der Waals surface area contributed by atoms with Gasteiger partial charge >= 0.3 is 5.97 Å². The van der Waals surface area contributed by atoms with Gasteiger partial charge in [0.2, 0.25) is 11.8 Å². The number of thioether (sulfide) groups is 1. The molecule has 3 fully saturated rings. The average molecular weight is 566 g/mol. The highest BCUT2D eigenvalue weighted by atomic mass is 79.9. The Morgan fingerprint density at radius 3 is 2.74 bits per heavy atom. The number of aliphatic hydroxyl groups is 1. The van der Waals surface area contributed by atoms with Crippen molar-refractivity contribution in [1.82, 2.24) is 9.80 Å². The molecule has 3 unspecified atom stereocenters. The molecule has 0 radical (unpaired) electrons. The number of likely N-dealkylation sites (tertiary alicyclic amines) is 1. The number of aliphatic hydroxyl groups excluding tert-OH is 1. The summed E-state index contributed by atoms with van der Waals surface area (Å²) in [6, 6.07) is 9.08. The van der Waals surface area contributed by atoms with Crippen LogP contribution < -0.4 is 0 Å². The number of fused-ring (bicyclic) bond motifs is 1. The van der Waals surface area contributed by atoms with Gasteiger partial charge in [0.15, 0.2) is 0 Å². The molecule has 35 heavy (non-hydrogen) atoms. The van der Waals surface area contributed by atoms with Gasteiger partial charge in [0.25, 0.3) is 0 Å². The number of esters is 1. The summed E-state index contributed by atoms with van der Waals surface area (Å²) in [5.41, 5.74) is 0.999. The lowest BCUT2D eigenvalue weighted by Gasteiger charge is -2.38. The topological polar surface area (TPSA) is 87.2 Å². The Kier molecular flexibility index (Phi) is 8.28. The van der Waals surface area contributed by atoms with Crippen molar-refractivity contribution in [3.8, 4) is 0 Å². The van der Waals surface area contributed by atoms with Crippen LogP contribution in [0.4, 0.5) is 0 Å². The number of amides is 2. The molecule has 3 saturated heterocycles. The Balaban J connectivity index is 1.72. The fraction of sp³-hybridized carbons (Fsp3) is 0.577. The number of hydrogen-bond donors (Lipinski definition) is 1. The van der Waals surface area contributed by atoms with Crippen molar-refractivity contribution in [1.29, 1.82) is 0 Å². The normalized spacial score (nSPS) is 30.9. The second-order valence-electron chi connectivity index (χ2n) is 9.37. The zero-order chi connectivity index (χ0) is 25.2. The SMILES string of the molecule is C=CCN(Cc1ccccc1)C(=O)C1N(CCCCO)C(=O)[C@@H]2[C@@H](C(=O)OCC)[C@@H]3SC12CC3Br. The molecular formula is C26H33BrN2O5S. The molecule has 9 heteroatoms. The molecule has 1 aromatic rings. The third-order valence-electron chi connectivity index (χ3n) is 7.27. The van der Waals surface area contributed by atoms with Crippen molar-refractivity contribution < 1.29 is 24.2 Å². The van der Waals surface area contributed by atoms with Crippen molar-refractivity contribution in [2.45, 2.75) is 53.6 Å². The lowest BCUT2D eigenvalue weighted by molar-refractivity contribution is -0.153. The minimum absolute atomic E-state index is 0.0145. The number of nitrogens with zero attached hydrogens (tertiary/aromatic N) is 2. The van der Waals surface area contributed by atoms with E-state index in [1.165, 1.54) is 0 Å². The van der Waals surface area contributed by atoms with E-state index < -0.39 is 22.6 Å². The van der Waals surface area contributed by atoms with Crippen LogP contribution in [0.15, 0.2) is 43.0 Å². The van der Waals surface area contributed by atoms with E-state index in [0.717, 1.165) is 5.56 Å².